The zero-order chi connectivity index (χ0) is 17.2. The Labute approximate surface area is 149 Å². The van der Waals surface area contributed by atoms with E-state index in [9.17, 15) is 5.11 Å². The number of benzene rings is 1. The lowest BCUT2D eigenvalue weighted by molar-refractivity contribution is 0.173. The van der Waals surface area contributed by atoms with Crippen molar-refractivity contribution >= 4 is 0 Å². The van der Waals surface area contributed by atoms with E-state index >= 15 is 0 Å². The van der Waals surface area contributed by atoms with Gasteiger partial charge in [-0.05, 0) is 31.7 Å². The van der Waals surface area contributed by atoms with Crippen LogP contribution < -0.4 is 5.32 Å². The first kappa shape index (κ1) is 16.8. The molecule has 0 amide bonds. The van der Waals surface area contributed by atoms with Crippen LogP contribution >= 0.6 is 0 Å². The van der Waals surface area contributed by atoms with Crippen LogP contribution in [0.25, 0.3) is 0 Å². The van der Waals surface area contributed by atoms with Crippen LogP contribution in [0.4, 0.5) is 0 Å². The summed E-state index contributed by atoms with van der Waals surface area (Å²) in [6.45, 7) is 5.52. The number of likely N-dealkylation sites (tertiary alicyclic amines) is 1. The van der Waals surface area contributed by atoms with Crippen molar-refractivity contribution in [3.8, 4) is 0 Å². The van der Waals surface area contributed by atoms with Gasteiger partial charge in [0.15, 0.2) is 0 Å². The zero-order valence-electron chi connectivity index (χ0n) is 14.9. The van der Waals surface area contributed by atoms with Crippen LogP contribution in [-0.4, -0.2) is 40.4 Å². The van der Waals surface area contributed by atoms with Crippen LogP contribution in [0, 0.1) is 6.92 Å². The molecule has 2 aliphatic rings. The Morgan fingerprint density at radius 3 is 3.08 bits per heavy atom. The Bertz CT molecular complexity index is 727. The molecule has 5 nitrogen and oxygen atoms in total. The maximum atomic E-state index is 9.71. The van der Waals surface area contributed by atoms with Gasteiger partial charge in [-0.2, -0.15) is 0 Å². The molecule has 0 saturated carbocycles. The molecule has 0 bridgehead atoms. The van der Waals surface area contributed by atoms with E-state index in [0.717, 1.165) is 63.3 Å². The second kappa shape index (κ2) is 7.28. The second-order valence-electron chi connectivity index (χ2n) is 7.52. The van der Waals surface area contributed by atoms with Crippen molar-refractivity contribution in [3.63, 3.8) is 0 Å². The average molecular weight is 341 g/mol. The predicted molar refractivity (Wildman–Crippen MR) is 96.2 cm³/mol. The first-order valence-electron chi connectivity index (χ1n) is 9.33. The molecule has 2 aromatic rings. The number of aliphatic hydroxyl groups is 1. The lowest BCUT2D eigenvalue weighted by Gasteiger charge is -2.23. The minimum Gasteiger partial charge on any atom is -0.392 e. The SMILES string of the molecule is Cc1cccc(CNC2CCc3onc(CN4CC[C@@H](O)C4)c3C2)c1. The van der Waals surface area contributed by atoms with Gasteiger partial charge in [0.05, 0.1) is 6.10 Å². The van der Waals surface area contributed by atoms with E-state index < -0.39 is 0 Å². The Hall–Kier alpha value is -1.69. The maximum Gasteiger partial charge on any atom is 0.140 e. The Kier molecular flexibility index (Phi) is 4.88. The standard InChI is InChI=1S/C20H27N3O2/c1-14-3-2-4-15(9-14)11-21-16-5-6-20-18(10-16)19(22-25-20)13-23-8-7-17(24)12-23/h2-4,9,16-17,21,24H,5-8,10-13H2,1H3/t16?,17-/m1/s1. The monoisotopic (exact) mass is 341 g/mol. The van der Waals surface area contributed by atoms with Gasteiger partial charge < -0.3 is 14.9 Å². The topological polar surface area (TPSA) is 61.5 Å². The van der Waals surface area contributed by atoms with Gasteiger partial charge in [-0.25, -0.2) is 0 Å². The summed E-state index contributed by atoms with van der Waals surface area (Å²) in [5, 5.41) is 17.7. The molecular formula is C20H27N3O2. The summed E-state index contributed by atoms with van der Waals surface area (Å²) < 4.78 is 5.58. The van der Waals surface area contributed by atoms with E-state index in [-0.39, 0.29) is 6.10 Å². The van der Waals surface area contributed by atoms with Gasteiger partial charge in [0.25, 0.3) is 0 Å². The average Bonchev–Trinajstić information content (AvgIpc) is 3.20. The number of hydrogen-bond donors (Lipinski definition) is 2. The number of aliphatic hydroxyl groups excluding tert-OH is 1. The first-order valence-corrected chi connectivity index (χ1v) is 9.33. The molecule has 1 fully saturated rings. The van der Waals surface area contributed by atoms with Gasteiger partial charge in [0.2, 0.25) is 0 Å². The highest BCUT2D eigenvalue weighted by atomic mass is 16.5. The number of aromatic nitrogens is 1. The van der Waals surface area contributed by atoms with E-state index in [4.69, 9.17) is 4.52 Å². The maximum absolute atomic E-state index is 9.71. The summed E-state index contributed by atoms with van der Waals surface area (Å²) in [4.78, 5) is 2.27. The Balaban J connectivity index is 1.37. The normalized spacial score (nSPS) is 23.8. The van der Waals surface area contributed by atoms with Crippen LogP contribution in [0.3, 0.4) is 0 Å². The van der Waals surface area contributed by atoms with Gasteiger partial charge in [-0.1, -0.05) is 35.0 Å². The van der Waals surface area contributed by atoms with Crippen molar-refractivity contribution in [1.82, 2.24) is 15.4 Å². The summed E-state index contributed by atoms with van der Waals surface area (Å²) in [7, 11) is 0. The molecule has 0 spiro atoms. The van der Waals surface area contributed by atoms with E-state index in [0.29, 0.717) is 6.04 Å². The molecule has 1 aliphatic heterocycles. The van der Waals surface area contributed by atoms with E-state index in [2.05, 4.69) is 46.6 Å². The Morgan fingerprint density at radius 2 is 2.28 bits per heavy atom. The number of β-amino-alcohol motifs (C(OH)–C–C–N with tert-alkyl or cyclic N) is 1. The highest BCUT2D eigenvalue weighted by Crippen LogP contribution is 2.26. The van der Waals surface area contributed by atoms with Crippen LogP contribution in [-0.2, 0) is 25.9 Å². The molecule has 1 aromatic heterocycles. The van der Waals surface area contributed by atoms with Gasteiger partial charge in [-0.15, -0.1) is 0 Å². The van der Waals surface area contributed by atoms with E-state index in [1.54, 1.807) is 0 Å². The third-order valence-electron chi connectivity index (χ3n) is 5.42. The summed E-state index contributed by atoms with van der Waals surface area (Å²) in [5.41, 5.74) is 4.99. The smallest absolute Gasteiger partial charge is 0.140 e. The van der Waals surface area contributed by atoms with E-state index in [1.165, 1.54) is 16.7 Å². The van der Waals surface area contributed by atoms with Crippen LogP contribution in [0.1, 0.15) is 41.0 Å². The fourth-order valence-electron chi connectivity index (χ4n) is 4.01. The first-order chi connectivity index (χ1) is 12.2. The lowest BCUT2D eigenvalue weighted by atomic mass is 9.91. The molecule has 2 heterocycles. The molecule has 1 aromatic carbocycles. The fraction of sp³-hybridized carbons (Fsp3) is 0.550. The molecule has 0 radical (unpaired) electrons. The van der Waals surface area contributed by atoms with Gasteiger partial charge in [0.1, 0.15) is 11.5 Å². The summed E-state index contributed by atoms with van der Waals surface area (Å²) in [5.74, 6) is 1.06. The van der Waals surface area contributed by atoms with Crippen molar-refractivity contribution in [2.45, 2.75) is 57.8 Å². The lowest BCUT2D eigenvalue weighted by Crippen LogP contribution is -2.34. The van der Waals surface area contributed by atoms with Crippen LogP contribution in [0.15, 0.2) is 28.8 Å². The number of rotatable bonds is 5. The minimum atomic E-state index is -0.188. The number of fused-ring (bicyclic) bond motifs is 1. The largest absolute Gasteiger partial charge is 0.392 e. The van der Waals surface area contributed by atoms with Crippen LogP contribution in [0.2, 0.25) is 0 Å². The van der Waals surface area contributed by atoms with Crippen molar-refractivity contribution < 1.29 is 9.63 Å². The molecule has 134 valence electrons. The van der Waals surface area contributed by atoms with Crippen LogP contribution in [0.5, 0.6) is 0 Å². The second-order valence-corrected chi connectivity index (χ2v) is 7.52. The van der Waals surface area contributed by atoms with Gasteiger partial charge in [0, 0.05) is 44.2 Å². The number of nitrogens with one attached hydrogen (secondary N) is 1. The quantitative estimate of drug-likeness (QED) is 0.873. The molecule has 1 unspecified atom stereocenters. The van der Waals surface area contributed by atoms with Crippen molar-refractivity contribution in [2.24, 2.45) is 0 Å². The molecule has 1 aliphatic carbocycles. The highest BCUT2D eigenvalue weighted by molar-refractivity contribution is 5.27. The van der Waals surface area contributed by atoms with Crippen molar-refractivity contribution in [3.05, 3.63) is 52.4 Å². The molecule has 25 heavy (non-hydrogen) atoms. The third-order valence-corrected chi connectivity index (χ3v) is 5.42. The summed E-state index contributed by atoms with van der Waals surface area (Å²) >= 11 is 0. The van der Waals surface area contributed by atoms with E-state index in [1.807, 2.05) is 0 Å². The molecule has 5 heteroatoms. The minimum absolute atomic E-state index is 0.188. The van der Waals surface area contributed by atoms with Crippen molar-refractivity contribution in [2.75, 3.05) is 13.1 Å². The fourth-order valence-corrected chi connectivity index (χ4v) is 4.01. The number of nitrogens with zero attached hydrogens (tertiary/aromatic N) is 2. The molecular weight excluding hydrogens is 314 g/mol. The number of hydrogen-bond acceptors (Lipinski definition) is 5. The molecule has 1 saturated heterocycles. The molecule has 2 N–H and O–H groups in total. The number of aryl methyl sites for hydroxylation is 2. The van der Waals surface area contributed by atoms with Gasteiger partial charge in [-0.3, -0.25) is 4.90 Å². The van der Waals surface area contributed by atoms with Crippen molar-refractivity contribution in [1.29, 1.82) is 0 Å². The van der Waals surface area contributed by atoms with Gasteiger partial charge >= 0.3 is 0 Å². The highest BCUT2D eigenvalue weighted by Gasteiger charge is 2.28. The summed E-state index contributed by atoms with van der Waals surface area (Å²) in [6, 6.07) is 9.14. The predicted octanol–water partition coefficient (Wildman–Crippen LogP) is 2.20. The molecule has 4 rings (SSSR count). The molecule has 2 atom stereocenters. The summed E-state index contributed by atoms with van der Waals surface area (Å²) in [6.07, 6.45) is 3.70. The zero-order valence-corrected chi connectivity index (χ0v) is 14.9. The Morgan fingerprint density at radius 1 is 1.36 bits per heavy atom. The third kappa shape index (κ3) is 3.94.